The maximum atomic E-state index is 10.8. The molecule has 3 heteroatoms. The average Bonchev–Trinajstić information content (AvgIpc) is 2.48. The Labute approximate surface area is 76.4 Å². The van der Waals surface area contributed by atoms with Crippen LogP contribution in [-0.4, -0.2) is 11.1 Å². The summed E-state index contributed by atoms with van der Waals surface area (Å²) in [5.74, 6) is -0.802. The van der Waals surface area contributed by atoms with Gasteiger partial charge in [0.05, 0.1) is 0 Å². The Hall–Kier alpha value is -1.35. The summed E-state index contributed by atoms with van der Waals surface area (Å²) in [6.07, 6.45) is 0. The lowest BCUT2D eigenvalue weighted by Gasteiger charge is -2.05. The number of benzene rings is 1. The van der Waals surface area contributed by atoms with Crippen LogP contribution in [0.1, 0.15) is 22.7 Å². The van der Waals surface area contributed by atoms with Crippen LogP contribution in [0.25, 0.3) is 0 Å². The Morgan fingerprint density at radius 2 is 2.38 bits per heavy atom. The maximum Gasteiger partial charge on any atom is 0.325 e. The molecule has 0 radical (unpaired) electrons. The third kappa shape index (κ3) is 1.21. The highest BCUT2D eigenvalue weighted by Gasteiger charge is 2.28. The highest BCUT2D eigenvalue weighted by atomic mass is 16.4. The van der Waals surface area contributed by atoms with Gasteiger partial charge in [-0.05, 0) is 23.6 Å². The van der Waals surface area contributed by atoms with Crippen molar-refractivity contribution in [1.29, 1.82) is 0 Å². The van der Waals surface area contributed by atoms with Crippen LogP contribution in [0.4, 0.5) is 0 Å². The summed E-state index contributed by atoms with van der Waals surface area (Å²) in [7, 11) is 0. The van der Waals surface area contributed by atoms with Crippen molar-refractivity contribution in [3.8, 4) is 0 Å². The molecule has 1 atom stereocenters. The SMILES string of the molecule is Cc1cccc2c1CN[C@H]2C(=O)O. The van der Waals surface area contributed by atoms with E-state index in [4.69, 9.17) is 5.11 Å². The van der Waals surface area contributed by atoms with Gasteiger partial charge in [-0.2, -0.15) is 0 Å². The quantitative estimate of drug-likeness (QED) is 0.678. The summed E-state index contributed by atoms with van der Waals surface area (Å²) < 4.78 is 0. The van der Waals surface area contributed by atoms with Gasteiger partial charge in [-0.3, -0.25) is 10.1 Å². The first kappa shape index (κ1) is 8.26. The number of rotatable bonds is 1. The van der Waals surface area contributed by atoms with E-state index in [9.17, 15) is 4.79 Å². The third-order valence-corrected chi connectivity index (χ3v) is 2.49. The van der Waals surface area contributed by atoms with E-state index in [1.807, 2.05) is 25.1 Å². The molecule has 0 aliphatic carbocycles. The molecule has 0 spiro atoms. The lowest BCUT2D eigenvalue weighted by Crippen LogP contribution is -2.21. The van der Waals surface area contributed by atoms with Gasteiger partial charge in [0.25, 0.3) is 0 Å². The van der Waals surface area contributed by atoms with Gasteiger partial charge >= 0.3 is 5.97 Å². The molecule has 0 unspecified atom stereocenters. The lowest BCUT2D eigenvalue weighted by molar-refractivity contribution is -0.139. The first-order valence-electron chi connectivity index (χ1n) is 4.24. The summed E-state index contributed by atoms with van der Waals surface area (Å²) in [6.45, 7) is 2.67. The van der Waals surface area contributed by atoms with Gasteiger partial charge in [0, 0.05) is 6.54 Å². The Morgan fingerprint density at radius 1 is 1.62 bits per heavy atom. The Balaban J connectivity index is 2.49. The van der Waals surface area contributed by atoms with E-state index in [-0.39, 0.29) is 0 Å². The number of aliphatic carboxylic acids is 1. The van der Waals surface area contributed by atoms with Crippen molar-refractivity contribution in [2.75, 3.05) is 0 Å². The van der Waals surface area contributed by atoms with Crippen LogP contribution in [0.3, 0.4) is 0 Å². The summed E-state index contributed by atoms with van der Waals surface area (Å²) in [4.78, 5) is 10.8. The lowest BCUT2D eigenvalue weighted by atomic mass is 10.0. The number of nitrogens with one attached hydrogen (secondary N) is 1. The fraction of sp³-hybridized carbons (Fsp3) is 0.300. The minimum atomic E-state index is -0.802. The molecule has 68 valence electrons. The van der Waals surface area contributed by atoms with Crippen molar-refractivity contribution < 1.29 is 9.90 Å². The molecule has 0 bridgehead atoms. The van der Waals surface area contributed by atoms with Gasteiger partial charge in [0.15, 0.2) is 0 Å². The van der Waals surface area contributed by atoms with Crippen LogP contribution in [0.2, 0.25) is 0 Å². The van der Waals surface area contributed by atoms with Crippen molar-refractivity contribution in [3.05, 3.63) is 34.9 Å². The monoisotopic (exact) mass is 177 g/mol. The molecule has 13 heavy (non-hydrogen) atoms. The Morgan fingerprint density at radius 3 is 3.08 bits per heavy atom. The van der Waals surface area contributed by atoms with Crippen LogP contribution < -0.4 is 5.32 Å². The minimum absolute atomic E-state index is 0.519. The zero-order chi connectivity index (χ0) is 9.42. The molecular weight excluding hydrogens is 166 g/mol. The van der Waals surface area contributed by atoms with Crippen LogP contribution in [-0.2, 0) is 11.3 Å². The Bertz CT molecular complexity index is 360. The van der Waals surface area contributed by atoms with E-state index in [1.54, 1.807) is 0 Å². The largest absolute Gasteiger partial charge is 0.480 e. The van der Waals surface area contributed by atoms with Gasteiger partial charge in [-0.25, -0.2) is 0 Å². The normalized spacial score (nSPS) is 19.9. The molecule has 1 aliphatic rings. The fourth-order valence-electron chi connectivity index (χ4n) is 1.77. The summed E-state index contributed by atoms with van der Waals surface area (Å²) in [5, 5.41) is 11.9. The van der Waals surface area contributed by atoms with Gasteiger partial charge in [0.1, 0.15) is 6.04 Å². The number of carboxylic acid groups (broad SMARTS) is 1. The highest BCUT2D eigenvalue weighted by molar-refractivity contribution is 5.77. The third-order valence-electron chi connectivity index (χ3n) is 2.49. The molecule has 1 aromatic carbocycles. The van der Waals surface area contributed by atoms with E-state index in [2.05, 4.69) is 5.32 Å². The zero-order valence-electron chi connectivity index (χ0n) is 7.37. The summed E-state index contributed by atoms with van der Waals surface area (Å²) in [5.41, 5.74) is 3.20. The molecule has 1 aromatic rings. The van der Waals surface area contributed by atoms with E-state index >= 15 is 0 Å². The van der Waals surface area contributed by atoms with Gasteiger partial charge < -0.3 is 5.11 Å². The second-order valence-corrected chi connectivity index (χ2v) is 3.29. The average molecular weight is 177 g/mol. The molecule has 1 heterocycles. The number of hydrogen-bond acceptors (Lipinski definition) is 2. The number of hydrogen-bond donors (Lipinski definition) is 2. The van der Waals surface area contributed by atoms with Crippen molar-refractivity contribution in [2.45, 2.75) is 19.5 Å². The molecule has 0 amide bonds. The zero-order valence-corrected chi connectivity index (χ0v) is 7.37. The van der Waals surface area contributed by atoms with Gasteiger partial charge in [0.2, 0.25) is 0 Å². The Kier molecular flexibility index (Phi) is 1.81. The van der Waals surface area contributed by atoms with Crippen LogP contribution in [0, 0.1) is 6.92 Å². The smallest absolute Gasteiger partial charge is 0.325 e. The standard InChI is InChI=1S/C10H11NO2/c1-6-3-2-4-7-8(6)5-11-9(7)10(12)13/h2-4,9,11H,5H2,1H3,(H,12,13)/t9-/m1/s1. The van der Waals surface area contributed by atoms with E-state index < -0.39 is 12.0 Å². The molecule has 2 N–H and O–H groups in total. The minimum Gasteiger partial charge on any atom is -0.480 e. The van der Waals surface area contributed by atoms with E-state index in [0.29, 0.717) is 6.54 Å². The van der Waals surface area contributed by atoms with Crippen LogP contribution >= 0.6 is 0 Å². The number of aryl methyl sites for hydroxylation is 1. The second-order valence-electron chi connectivity index (χ2n) is 3.29. The van der Waals surface area contributed by atoms with Crippen molar-refractivity contribution >= 4 is 5.97 Å². The van der Waals surface area contributed by atoms with Crippen LogP contribution in [0.5, 0.6) is 0 Å². The second kappa shape index (κ2) is 2.85. The van der Waals surface area contributed by atoms with Crippen LogP contribution in [0.15, 0.2) is 18.2 Å². The first-order chi connectivity index (χ1) is 6.20. The van der Waals surface area contributed by atoms with Gasteiger partial charge in [-0.1, -0.05) is 18.2 Å². The summed E-state index contributed by atoms with van der Waals surface area (Å²) in [6, 6.07) is 5.26. The summed E-state index contributed by atoms with van der Waals surface area (Å²) >= 11 is 0. The van der Waals surface area contributed by atoms with E-state index in [1.165, 1.54) is 0 Å². The molecule has 0 saturated heterocycles. The highest BCUT2D eigenvalue weighted by Crippen LogP contribution is 2.27. The van der Waals surface area contributed by atoms with Crippen molar-refractivity contribution in [3.63, 3.8) is 0 Å². The molecule has 1 aliphatic heterocycles. The van der Waals surface area contributed by atoms with E-state index in [0.717, 1.165) is 16.7 Å². The fourth-order valence-corrected chi connectivity index (χ4v) is 1.77. The predicted octanol–water partition coefficient (Wildman–Crippen LogP) is 1.22. The molecule has 0 aromatic heterocycles. The number of fused-ring (bicyclic) bond motifs is 1. The molecule has 0 saturated carbocycles. The molecule has 0 fully saturated rings. The molecular formula is C10H11NO2. The van der Waals surface area contributed by atoms with Crippen molar-refractivity contribution in [1.82, 2.24) is 5.32 Å². The maximum absolute atomic E-state index is 10.8. The first-order valence-corrected chi connectivity index (χ1v) is 4.24. The van der Waals surface area contributed by atoms with Crippen molar-refractivity contribution in [2.24, 2.45) is 0 Å². The number of carbonyl (C=O) groups is 1. The topological polar surface area (TPSA) is 49.3 Å². The van der Waals surface area contributed by atoms with Gasteiger partial charge in [-0.15, -0.1) is 0 Å². The predicted molar refractivity (Wildman–Crippen MR) is 48.4 cm³/mol. The molecule has 3 nitrogen and oxygen atoms in total. The number of carboxylic acids is 1. The molecule has 2 rings (SSSR count).